The minimum absolute atomic E-state index is 0.185. The number of hydrogen-bond acceptors (Lipinski definition) is 5. The topological polar surface area (TPSA) is 87.0 Å². The molecule has 0 saturated carbocycles. The Morgan fingerprint density at radius 2 is 2.12 bits per heavy atom. The van der Waals surface area contributed by atoms with Gasteiger partial charge >= 0.3 is 0 Å². The van der Waals surface area contributed by atoms with E-state index in [0.717, 1.165) is 25.1 Å². The van der Waals surface area contributed by atoms with Gasteiger partial charge in [0.05, 0.1) is 24.5 Å². The average Bonchev–Trinajstić information content (AvgIpc) is 3.00. The van der Waals surface area contributed by atoms with Gasteiger partial charge in [-0.25, -0.2) is 9.67 Å². The molecule has 1 saturated heterocycles. The van der Waals surface area contributed by atoms with Gasteiger partial charge in [0.15, 0.2) is 5.65 Å². The summed E-state index contributed by atoms with van der Waals surface area (Å²) in [6.45, 7) is 2.03. The number of likely N-dealkylation sites (tertiary alicyclic amines) is 1. The Morgan fingerprint density at radius 3 is 2.92 bits per heavy atom. The number of nitrogens with one attached hydrogen (secondary N) is 1. The third-order valence-corrected chi connectivity index (χ3v) is 4.34. The fourth-order valence-corrected chi connectivity index (χ4v) is 3.18. The highest BCUT2D eigenvalue weighted by Crippen LogP contribution is 2.15. The zero-order chi connectivity index (χ0) is 16.5. The average molecular weight is 325 g/mol. The van der Waals surface area contributed by atoms with E-state index >= 15 is 0 Å². The highest BCUT2D eigenvalue weighted by Gasteiger charge is 2.19. The van der Waals surface area contributed by atoms with E-state index in [1.54, 1.807) is 10.9 Å². The smallest absolute Gasteiger partial charge is 0.262 e. The molecule has 2 N–H and O–H groups in total. The van der Waals surface area contributed by atoms with E-state index in [1.165, 1.54) is 0 Å². The Morgan fingerprint density at radius 1 is 1.29 bits per heavy atom. The van der Waals surface area contributed by atoms with Crippen LogP contribution in [-0.2, 0) is 6.54 Å². The number of rotatable bonds is 3. The quantitative estimate of drug-likeness (QED) is 0.752. The summed E-state index contributed by atoms with van der Waals surface area (Å²) in [5.41, 5.74) is 1.23. The van der Waals surface area contributed by atoms with E-state index in [1.807, 2.05) is 30.3 Å². The molecule has 3 aromatic rings. The molecule has 1 unspecified atom stereocenters. The summed E-state index contributed by atoms with van der Waals surface area (Å²) in [5, 5.41) is 14.6. The first-order chi connectivity index (χ1) is 11.7. The van der Waals surface area contributed by atoms with E-state index in [2.05, 4.69) is 20.0 Å². The Balaban J connectivity index is 1.71. The lowest BCUT2D eigenvalue weighted by molar-refractivity contribution is 0.0655. The Bertz CT molecular complexity index is 902. The van der Waals surface area contributed by atoms with Gasteiger partial charge in [-0.2, -0.15) is 5.10 Å². The van der Waals surface area contributed by atoms with Crippen LogP contribution in [0.2, 0.25) is 0 Å². The molecule has 7 heteroatoms. The Labute approximate surface area is 138 Å². The normalized spacial score (nSPS) is 19.0. The van der Waals surface area contributed by atoms with Crippen molar-refractivity contribution in [1.82, 2.24) is 24.6 Å². The van der Waals surface area contributed by atoms with Crippen LogP contribution in [0.4, 0.5) is 0 Å². The van der Waals surface area contributed by atoms with Crippen LogP contribution in [0, 0.1) is 0 Å². The van der Waals surface area contributed by atoms with Crippen LogP contribution in [0.5, 0.6) is 0 Å². The summed E-state index contributed by atoms with van der Waals surface area (Å²) in [4.78, 5) is 21.9. The summed E-state index contributed by atoms with van der Waals surface area (Å²) in [7, 11) is 0. The van der Waals surface area contributed by atoms with Gasteiger partial charge in [0, 0.05) is 6.54 Å². The molecular formula is C17H19N5O2. The van der Waals surface area contributed by atoms with Gasteiger partial charge in [-0.3, -0.25) is 9.69 Å². The van der Waals surface area contributed by atoms with Crippen LogP contribution in [0.3, 0.4) is 0 Å². The third kappa shape index (κ3) is 2.83. The number of aliphatic hydroxyl groups excluding tert-OH is 1. The van der Waals surface area contributed by atoms with Gasteiger partial charge < -0.3 is 10.1 Å². The van der Waals surface area contributed by atoms with Gasteiger partial charge in [0.2, 0.25) is 0 Å². The van der Waals surface area contributed by atoms with Gasteiger partial charge in [0.25, 0.3) is 5.56 Å². The number of fused-ring (bicyclic) bond motifs is 1. The van der Waals surface area contributed by atoms with Gasteiger partial charge in [0.1, 0.15) is 11.2 Å². The molecule has 2 aromatic heterocycles. The fraction of sp³-hybridized carbons (Fsp3) is 0.353. The number of β-amino-alcohol motifs (C(OH)–C–C–N with tert-alkyl or cyclic N) is 1. The van der Waals surface area contributed by atoms with Crippen molar-refractivity contribution < 1.29 is 5.11 Å². The van der Waals surface area contributed by atoms with Gasteiger partial charge in [-0.05, 0) is 31.5 Å². The van der Waals surface area contributed by atoms with E-state index in [-0.39, 0.29) is 11.7 Å². The van der Waals surface area contributed by atoms with Crippen LogP contribution in [0.25, 0.3) is 16.7 Å². The highest BCUT2D eigenvalue weighted by atomic mass is 16.3. The van der Waals surface area contributed by atoms with Crippen molar-refractivity contribution in [3.63, 3.8) is 0 Å². The van der Waals surface area contributed by atoms with Crippen LogP contribution < -0.4 is 5.56 Å². The molecule has 1 aliphatic rings. The molecule has 0 radical (unpaired) electrons. The van der Waals surface area contributed by atoms with E-state index < -0.39 is 0 Å². The van der Waals surface area contributed by atoms with Crippen LogP contribution in [0.1, 0.15) is 18.7 Å². The predicted molar refractivity (Wildman–Crippen MR) is 90.0 cm³/mol. The van der Waals surface area contributed by atoms with Gasteiger partial charge in [-0.1, -0.05) is 18.2 Å². The Hall–Kier alpha value is -2.51. The second-order valence-corrected chi connectivity index (χ2v) is 6.17. The van der Waals surface area contributed by atoms with Crippen molar-refractivity contribution in [2.24, 2.45) is 0 Å². The van der Waals surface area contributed by atoms with Gasteiger partial charge in [-0.15, -0.1) is 0 Å². The lowest BCUT2D eigenvalue weighted by atomic mass is 10.1. The number of aromatic nitrogens is 4. The lowest BCUT2D eigenvalue weighted by Crippen LogP contribution is -2.38. The first-order valence-electron chi connectivity index (χ1n) is 8.13. The summed E-state index contributed by atoms with van der Waals surface area (Å²) in [5.74, 6) is 0.597. The molecular weight excluding hydrogens is 306 g/mol. The maximum Gasteiger partial charge on any atom is 0.262 e. The molecule has 0 bridgehead atoms. The molecule has 0 spiro atoms. The summed E-state index contributed by atoms with van der Waals surface area (Å²) < 4.78 is 1.68. The van der Waals surface area contributed by atoms with E-state index in [4.69, 9.17) is 0 Å². The number of piperidine rings is 1. The first kappa shape index (κ1) is 15.0. The molecule has 0 amide bonds. The number of nitrogens with zero attached hydrogens (tertiary/aromatic N) is 4. The number of benzene rings is 1. The van der Waals surface area contributed by atoms with Crippen molar-refractivity contribution in [3.8, 4) is 5.69 Å². The van der Waals surface area contributed by atoms with Crippen LogP contribution in [-0.4, -0.2) is 48.9 Å². The zero-order valence-electron chi connectivity index (χ0n) is 13.2. The molecule has 7 nitrogen and oxygen atoms in total. The number of hydrogen-bond donors (Lipinski definition) is 2. The van der Waals surface area contributed by atoms with Crippen molar-refractivity contribution in [2.45, 2.75) is 25.5 Å². The first-order valence-corrected chi connectivity index (χ1v) is 8.13. The van der Waals surface area contributed by atoms with Crippen molar-refractivity contribution >= 4 is 11.0 Å². The number of aliphatic hydroxyl groups is 1. The summed E-state index contributed by atoms with van der Waals surface area (Å²) in [6, 6.07) is 9.63. The van der Waals surface area contributed by atoms with Crippen LogP contribution in [0.15, 0.2) is 41.3 Å². The maximum atomic E-state index is 12.3. The van der Waals surface area contributed by atoms with E-state index in [9.17, 15) is 9.90 Å². The number of H-pyrrole nitrogens is 1. The second kappa shape index (κ2) is 6.18. The minimum Gasteiger partial charge on any atom is -0.392 e. The highest BCUT2D eigenvalue weighted by molar-refractivity contribution is 5.75. The third-order valence-electron chi connectivity index (χ3n) is 4.34. The van der Waals surface area contributed by atoms with Crippen molar-refractivity contribution in [2.75, 3.05) is 13.1 Å². The van der Waals surface area contributed by atoms with E-state index in [0.29, 0.717) is 29.9 Å². The molecule has 1 aliphatic heterocycles. The van der Waals surface area contributed by atoms with Crippen LogP contribution >= 0.6 is 0 Å². The predicted octanol–water partition coefficient (Wildman–Crippen LogP) is 1.07. The fourth-order valence-electron chi connectivity index (χ4n) is 3.18. The van der Waals surface area contributed by atoms with Crippen molar-refractivity contribution in [1.29, 1.82) is 0 Å². The summed E-state index contributed by atoms with van der Waals surface area (Å²) >= 11 is 0. The summed E-state index contributed by atoms with van der Waals surface area (Å²) in [6.07, 6.45) is 3.03. The molecule has 124 valence electrons. The standard InChI is InChI=1S/C17H19N5O2/c23-13-7-4-8-21(10-13)11-15-19-16-14(17(24)20-15)9-18-22(16)12-5-2-1-3-6-12/h1-3,5-6,9,13,23H,4,7-8,10-11H2,(H,19,20,24). The minimum atomic E-state index is -0.302. The molecule has 3 heterocycles. The monoisotopic (exact) mass is 325 g/mol. The largest absolute Gasteiger partial charge is 0.392 e. The van der Waals surface area contributed by atoms with Crippen molar-refractivity contribution in [3.05, 3.63) is 52.7 Å². The number of aromatic amines is 1. The molecule has 24 heavy (non-hydrogen) atoms. The SMILES string of the molecule is O=c1[nH]c(CN2CCCC(O)C2)nc2c1cnn2-c1ccccc1. The zero-order valence-corrected chi connectivity index (χ0v) is 13.2. The maximum absolute atomic E-state index is 12.3. The lowest BCUT2D eigenvalue weighted by Gasteiger charge is -2.29. The molecule has 0 aliphatic carbocycles. The molecule has 4 rings (SSSR count). The second-order valence-electron chi connectivity index (χ2n) is 6.17. The molecule has 1 atom stereocenters. The number of para-hydroxylation sites is 1. The molecule has 1 aromatic carbocycles. The Kier molecular flexibility index (Phi) is 3.87. The molecule has 1 fully saturated rings.